The fourth-order valence-corrected chi connectivity index (χ4v) is 3.66. The molecule has 0 spiro atoms. The van der Waals surface area contributed by atoms with Crippen LogP contribution in [0, 0.1) is 6.92 Å². The fraction of sp³-hybridized carbons (Fsp3) is 0.211. The number of aryl methyl sites for hydroxylation is 1. The van der Waals surface area contributed by atoms with E-state index in [1.165, 1.54) is 7.11 Å². The van der Waals surface area contributed by atoms with E-state index in [4.69, 9.17) is 44.3 Å². The summed E-state index contributed by atoms with van der Waals surface area (Å²) in [6.45, 7) is 1.91. The van der Waals surface area contributed by atoms with Gasteiger partial charge in [0.2, 0.25) is 5.78 Å². The molecule has 8 heteroatoms. The van der Waals surface area contributed by atoms with Crippen molar-refractivity contribution in [2.75, 3.05) is 14.2 Å². The van der Waals surface area contributed by atoms with E-state index >= 15 is 0 Å². The zero-order chi connectivity index (χ0) is 19.9. The standard InChI is InChI=1S/C19H15BrCl3NO3/c1-9-14(10-4-6-11(20)7-5-10)15-12(26-2)8-13(27-3)16(17(15)24-9)18(25)19(21,22)23/h4-8,24H,1-3H3. The van der Waals surface area contributed by atoms with E-state index in [0.717, 1.165) is 26.7 Å². The minimum absolute atomic E-state index is 0.166. The molecule has 0 unspecified atom stereocenters. The first-order chi connectivity index (χ1) is 12.7. The van der Waals surface area contributed by atoms with E-state index in [1.807, 2.05) is 31.2 Å². The number of benzene rings is 2. The van der Waals surface area contributed by atoms with Crippen LogP contribution in [0.3, 0.4) is 0 Å². The zero-order valence-corrected chi connectivity index (χ0v) is 18.5. The number of fused-ring (bicyclic) bond motifs is 1. The van der Waals surface area contributed by atoms with Gasteiger partial charge in [0, 0.05) is 21.8 Å². The second kappa shape index (κ2) is 7.55. The lowest BCUT2D eigenvalue weighted by Gasteiger charge is -2.16. The second-order valence-corrected chi connectivity index (χ2v) is 9.06. The van der Waals surface area contributed by atoms with Crippen LogP contribution in [0.5, 0.6) is 11.5 Å². The van der Waals surface area contributed by atoms with Gasteiger partial charge < -0.3 is 14.5 Å². The molecule has 0 radical (unpaired) electrons. The van der Waals surface area contributed by atoms with Crippen molar-refractivity contribution >= 4 is 67.4 Å². The highest BCUT2D eigenvalue weighted by atomic mass is 79.9. The molecule has 1 aromatic heterocycles. The highest BCUT2D eigenvalue weighted by Crippen LogP contribution is 2.45. The number of Topliss-reactive ketones (excluding diaryl/α,β-unsaturated/α-hetero) is 1. The van der Waals surface area contributed by atoms with Crippen molar-refractivity contribution in [3.63, 3.8) is 0 Å². The summed E-state index contributed by atoms with van der Waals surface area (Å²) >= 11 is 21.1. The van der Waals surface area contributed by atoms with Crippen LogP contribution in [-0.4, -0.2) is 28.8 Å². The maximum atomic E-state index is 12.8. The van der Waals surface area contributed by atoms with Gasteiger partial charge in [0.25, 0.3) is 3.79 Å². The van der Waals surface area contributed by atoms with Gasteiger partial charge in [0.05, 0.1) is 30.7 Å². The predicted molar refractivity (Wildman–Crippen MR) is 114 cm³/mol. The van der Waals surface area contributed by atoms with Crippen molar-refractivity contribution < 1.29 is 14.3 Å². The minimum Gasteiger partial charge on any atom is -0.496 e. The van der Waals surface area contributed by atoms with Crippen molar-refractivity contribution in [3.05, 3.63) is 46.1 Å². The molecule has 0 atom stereocenters. The molecular formula is C19H15BrCl3NO3. The Bertz CT molecular complexity index is 1020. The molecule has 3 aromatic rings. The third-order valence-electron chi connectivity index (χ3n) is 4.25. The largest absolute Gasteiger partial charge is 0.496 e. The Morgan fingerprint density at radius 1 is 1.07 bits per heavy atom. The van der Waals surface area contributed by atoms with Gasteiger partial charge in [-0.25, -0.2) is 0 Å². The average molecular weight is 492 g/mol. The molecule has 1 heterocycles. The Balaban J connectivity index is 2.43. The van der Waals surface area contributed by atoms with Crippen LogP contribution in [0.1, 0.15) is 16.1 Å². The summed E-state index contributed by atoms with van der Waals surface area (Å²) in [5.41, 5.74) is 3.36. The van der Waals surface area contributed by atoms with E-state index < -0.39 is 9.58 Å². The minimum atomic E-state index is -2.12. The molecule has 0 aliphatic rings. The first kappa shape index (κ1) is 20.3. The van der Waals surface area contributed by atoms with Gasteiger partial charge in [-0.3, -0.25) is 4.79 Å². The Morgan fingerprint density at radius 2 is 1.67 bits per heavy atom. The van der Waals surface area contributed by atoms with E-state index in [-0.39, 0.29) is 11.3 Å². The number of nitrogens with one attached hydrogen (secondary N) is 1. The lowest BCUT2D eigenvalue weighted by Crippen LogP contribution is -2.20. The third-order valence-corrected chi connectivity index (χ3v) is 5.29. The summed E-state index contributed by atoms with van der Waals surface area (Å²) in [6, 6.07) is 9.45. The highest BCUT2D eigenvalue weighted by Gasteiger charge is 2.36. The molecule has 0 amide bonds. The number of carbonyl (C=O) groups excluding carboxylic acids is 1. The topological polar surface area (TPSA) is 51.3 Å². The van der Waals surface area contributed by atoms with Gasteiger partial charge in [0.1, 0.15) is 11.5 Å². The molecule has 1 N–H and O–H groups in total. The first-order valence-electron chi connectivity index (χ1n) is 7.83. The molecule has 4 nitrogen and oxygen atoms in total. The number of aromatic amines is 1. The molecule has 3 rings (SSSR count). The number of ether oxygens (including phenoxy) is 2. The van der Waals surface area contributed by atoms with Crippen LogP contribution in [0.4, 0.5) is 0 Å². The molecule has 0 aliphatic carbocycles. The quantitative estimate of drug-likeness (QED) is 0.336. The van der Waals surface area contributed by atoms with Gasteiger partial charge in [-0.1, -0.05) is 62.9 Å². The highest BCUT2D eigenvalue weighted by molar-refractivity contribution is 9.10. The molecule has 0 saturated carbocycles. The van der Waals surface area contributed by atoms with Gasteiger partial charge in [0.15, 0.2) is 0 Å². The van der Waals surface area contributed by atoms with Crippen molar-refractivity contribution in [1.82, 2.24) is 4.98 Å². The smallest absolute Gasteiger partial charge is 0.253 e. The number of H-pyrrole nitrogens is 1. The Hall–Kier alpha value is -1.40. The van der Waals surface area contributed by atoms with Crippen LogP contribution in [-0.2, 0) is 0 Å². The SMILES string of the molecule is COc1cc(OC)c2c(-c3ccc(Br)cc3)c(C)[nH]c2c1C(=O)C(Cl)(Cl)Cl. The Kier molecular flexibility index (Phi) is 5.69. The second-order valence-electron chi connectivity index (χ2n) is 5.86. The molecular weight excluding hydrogens is 476 g/mol. The van der Waals surface area contributed by atoms with Crippen molar-refractivity contribution in [2.24, 2.45) is 0 Å². The fourth-order valence-electron chi connectivity index (χ4n) is 3.11. The molecule has 27 heavy (non-hydrogen) atoms. The Morgan fingerprint density at radius 3 is 2.19 bits per heavy atom. The van der Waals surface area contributed by atoms with E-state index in [2.05, 4.69) is 20.9 Å². The van der Waals surface area contributed by atoms with Gasteiger partial charge in [-0.15, -0.1) is 0 Å². The van der Waals surface area contributed by atoms with Gasteiger partial charge in [-0.05, 0) is 24.6 Å². The zero-order valence-electron chi connectivity index (χ0n) is 14.6. The number of ketones is 1. The van der Waals surface area contributed by atoms with E-state index in [0.29, 0.717) is 11.3 Å². The summed E-state index contributed by atoms with van der Waals surface area (Å²) < 4.78 is 9.79. The normalized spacial score (nSPS) is 11.7. The summed E-state index contributed by atoms with van der Waals surface area (Å²) in [7, 11) is 3.00. The number of alkyl halides is 3. The molecule has 0 fully saturated rings. The number of halogens is 4. The Labute approximate surface area is 179 Å². The molecule has 0 aliphatic heterocycles. The van der Waals surface area contributed by atoms with E-state index in [9.17, 15) is 4.79 Å². The predicted octanol–water partition coefficient (Wildman–Crippen LogP) is 6.48. The first-order valence-corrected chi connectivity index (χ1v) is 9.76. The van der Waals surface area contributed by atoms with Crippen LogP contribution in [0.25, 0.3) is 22.0 Å². The molecule has 0 bridgehead atoms. The van der Waals surface area contributed by atoms with Crippen molar-refractivity contribution in [1.29, 1.82) is 0 Å². The van der Waals surface area contributed by atoms with Gasteiger partial charge in [-0.2, -0.15) is 0 Å². The third kappa shape index (κ3) is 3.66. The van der Waals surface area contributed by atoms with Crippen molar-refractivity contribution in [2.45, 2.75) is 10.7 Å². The number of hydrogen-bond donors (Lipinski definition) is 1. The van der Waals surface area contributed by atoms with Crippen molar-refractivity contribution in [3.8, 4) is 22.6 Å². The number of methoxy groups -OCH3 is 2. The maximum Gasteiger partial charge on any atom is 0.253 e. The van der Waals surface area contributed by atoms with Crippen LogP contribution in [0.2, 0.25) is 0 Å². The number of rotatable bonds is 4. The monoisotopic (exact) mass is 489 g/mol. The number of carbonyl (C=O) groups is 1. The van der Waals surface area contributed by atoms with Crippen LogP contribution in [0.15, 0.2) is 34.8 Å². The summed E-state index contributed by atoms with van der Waals surface area (Å²) in [4.78, 5) is 16.1. The number of hydrogen-bond acceptors (Lipinski definition) is 3. The average Bonchev–Trinajstić information content (AvgIpc) is 2.96. The molecule has 0 saturated heterocycles. The summed E-state index contributed by atoms with van der Waals surface area (Å²) in [5, 5.41) is 0.718. The van der Waals surface area contributed by atoms with Gasteiger partial charge >= 0.3 is 0 Å². The lowest BCUT2D eigenvalue weighted by molar-refractivity contribution is 0.0995. The maximum absolute atomic E-state index is 12.8. The molecule has 2 aromatic carbocycles. The van der Waals surface area contributed by atoms with Crippen LogP contribution >= 0.6 is 50.7 Å². The van der Waals surface area contributed by atoms with E-state index in [1.54, 1.807) is 13.2 Å². The summed E-state index contributed by atoms with van der Waals surface area (Å²) in [6.07, 6.45) is 0. The summed E-state index contributed by atoms with van der Waals surface area (Å²) in [5.74, 6) is 0.130. The molecule has 142 valence electrons. The lowest BCUT2D eigenvalue weighted by atomic mass is 9.98. The number of aromatic nitrogens is 1. The van der Waals surface area contributed by atoms with Crippen LogP contribution < -0.4 is 9.47 Å².